The lowest BCUT2D eigenvalue weighted by Crippen LogP contribution is -2.06. The van der Waals surface area contributed by atoms with Crippen molar-refractivity contribution in [3.05, 3.63) is 34.9 Å². The fourth-order valence-corrected chi connectivity index (χ4v) is 1.29. The van der Waals surface area contributed by atoms with E-state index in [-0.39, 0.29) is 12.5 Å². The molecule has 0 heterocycles. The lowest BCUT2D eigenvalue weighted by molar-refractivity contribution is 0.255. The first-order valence-corrected chi connectivity index (χ1v) is 4.39. The van der Waals surface area contributed by atoms with Crippen molar-refractivity contribution in [3.8, 4) is 6.07 Å². The van der Waals surface area contributed by atoms with Gasteiger partial charge in [0.1, 0.15) is 0 Å². The van der Waals surface area contributed by atoms with Crippen LogP contribution < -0.4 is 0 Å². The molecule has 13 heavy (non-hydrogen) atoms. The maximum Gasteiger partial charge on any atom is 0.0735 e. The Balaban J connectivity index is 2.74. The number of nitrogens with zero attached hydrogens (tertiary/aromatic N) is 1. The number of halogens is 1. The molecule has 0 spiro atoms. The molecular weight excluding hydrogens is 186 g/mol. The summed E-state index contributed by atoms with van der Waals surface area (Å²) in [7, 11) is 0. The molecule has 0 saturated carbocycles. The smallest absolute Gasteiger partial charge is 0.0735 e. The minimum Gasteiger partial charge on any atom is -0.395 e. The highest BCUT2D eigenvalue weighted by Crippen LogP contribution is 2.18. The first kappa shape index (κ1) is 10.0. The molecule has 68 valence electrons. The van der Waals surface area contributed by atoms with Gasteiger partial charge in [-0.1, -0.05) is 29.8 Å². The fourth-order valence-electron chi connectivity index (χ4n) is 1.08. The van der Waals surface area contributed by atoms with E-state index in [4.69, 9.17) is 22.0 Å². The van der Waals surface area contributed by atoms with E-state index in [1.54, 1.807) is 6.07 Å². The average Bonchev–Trinajstić information content (AvgIpc) is 2.17. The third-order valence-corrected chi connectivity index (χ3v) is 2.20. The molecule has 0 aliphatic carbocycles. The number of aliphatic hydroxyl groups is 1. The Bertz CT molecular complexity index is 319. The third kappa shape index (κ3) is 2.73. The standard InChI is InChI=1S/C10H10ClNO/c11-10-4-2-1-3-9(10)5-8(6-12)7-13/h1-4,8,13H,5,7H2/t8-/m1/s1. The van der Waals surface area contributed by atoms with Gasteiger partial charge in [0, 0.05) is 5.02 Å². The van der Waals surface area contributed by atoms with Crippen LogP contribution in [0.1, 0.15) is 5.56 Å². The van der Waals surface area contributed by atoms with Crippen LogP contribution in [0.2, 0.25) is 5.02 Å². The van der Waals surface area contributed by atoms with E-state index in [1.807, 2.05) is 24.3 Å². The molecule has 3 heteroatoms. The van der Waals surface area contributed by atoms with Crippen LogP contribution in [0.3, 0.4) is 0 Å². The van der Waals surface area contributed by atoms with Crippen molar-refractivity contribution < 1.29 is 5.11 Å². The molecule has 1 aromatic carbocycles. The summed E-state index contributed by atoms with van der Waals surface area (Å²) in [5.74, 6) is -0.361. The lowest BCUT2D eigenvalue weighted by atomic mass is 10.0. The Labute approximate surface area is 82.4 Å². The molecule has 1 rings (SSSR count). The van der Waals surface area contributed by atoms with Gasteiger partial charge in [0.05, 0.1) is 18.6 Å². The minimum absolute atomic E-state index is 0.123. The van der Waals surface area contributed by atoms with Gasteiger partial charge in [-0.15, -0.1) is 0 Å². The van der Waals surface area contributed by atoms with Gasteiger partial charge in [-0.25, -0.2) is 0 Å². The first-order valence-electron chi connectivity index (χ1n) is 4.01. The molecule has 0 unspecified atom stereocenters. The molecule has 1 atom stereocenters. The van der Waals surface area contributed by atoms with E-state index in [2.05, 4.69) is 0 Å². The Kier molecular flexibility index (Phi) is 3.75. The van der Waals surface area contributed by atoms with Crippen molar-refractivity contribution in [1.82, 2.24) is 0 Å². The predicted molar refractivity (Wildman–Crippen MR) is 51.3 cm³/mol. The van der Waals surface area contributed by atoms with Gasteiger partial charge < -0.3 is 5.11 Å². The zero-order chi connectivity index (χ0) is 9.68. The molecule has 0 amide bonds. The zero-order valence-electron chi connectivity index (χ0n) is 7.07. The van der Waals surface area contributed by atoms with Crippen molar-refractivity contribution in [2.24, 2.45) is 5.92 Å². The minimum atomic E-state index is -0.361. The van der Waals surface area contributed by atoms with E-state index in [0.29, 0.717) is 11.4 Å². The van der Waals surface area contributed by atoms with Gasteiger partial charge in [0.2, 0.25) is 0 Å². The monoisotopic (exact) mass is 195 g/mol. The molecule has 0 saturated heterocycles. The SMILES string of the molecule is N#C[C@H](CO)Cc1ccccc1Cl. The van der Waals surface area contributed by atoms with Crippen molar-refractivity contribution in [3.63, 3.8) is 0 Å². The van der Waals surface area contributed by atoms with Gasteiger partial charge in [-0.2, -0.15) is 5.26 Å². The topological polar surface area (TPSA) is 44.0 Å². The predicted octanol–water partition coefficient (Wildman–Crippen LogP) is 2.01. The van der Waals surface area contributed by atoms with Gasteiger partial charge in [-0.3, -0.25) is 0 Å². The maximum absolute atomic E-state index is 8.81. The molecule has 1 aromatic rings. The number of benzene rings is 1. The molecular formula is C10H10ClNO. The summed E-state index contributed by atoms with van der Waals surface area (Å²) in [5, 5.41) is 18.1. The van der Waals surface area contributed by atoms with Crippen LogP contribution in [0.15, 0.2) is 24.3 Å². The number of hydrogen-bond acceptors (Lipinski definition) is 2. The Hall–Kier alpha value is -1.04. The Morgan fingerprint density at radius 2 is 2.15 bits per heavy atom. The van der Waals surface area contributed by atoms with Gasteiger partial charge >= 0.3 is 0 Å². The maximum atomic E-state index is 8.81. The largest absolute Gasteiger partial charge is 0.395 e. The normalized spacial score (nSPS) is 12.1. The van der Waals surface area contributed by atoms with Crippen LogP contribution in [0.5, 0.6) is 0 Å². The van der Waals surface area contributed by atoms with E-state index < -0.39 is 0 Å². The number of hydrogen-bond donors (Lipinski definition) is 1. The summed E-state index contributed by atoms with van der Waals surface area (Å²) >= 11 is 5.89. The summed E-state index contributed by atoms with van der Waals surface area (Å²) in [5.41, 5.74) is 0.907. The highest BCUT2D eigenvalue weighted by atomic mass is 35.5. The number of rotatable bonds is 3. The van der Waals surface area contributed by atoms with Crippen LogP contribution in [0, 0.1) is 17.2 Å². The quantitative estimate of drug-likeness (QED) is 0.802. The second-order valence-electron chi connectivity index (χ2n) is 2.80. The lowest BCUT2D eigenvalue weighted by Gasteiger charge is -2.06. The van der Waals surface area contributed by atoms with Gasteiger partial charge in [0.25, 0.3) is 0 Å². The van der Waals surface area contributed by atoms with Gasteiger partial charge in [-0.05, 0) is 18.1 Å². The van der Waals surface area contributed by atoms with Crippen molar-refractivity contribution >= 4 is 11.6 Å². The van der Waals surface area contributed by atoms with Crippen LogP contribution >= 0.6 is 11.6 Å². The summed E-state index contributed by atoms with van der Waals surface area (Å²) < 4.78 is 0. The van der Waals surface area contributed by atoms with Crippen molar-refractivity contribution in [2.45, 2.75) is 6.42 Å². The van der Waals surface area contributed by atoms with E-state index in [1.165, 1.54) is 0 Å². The van der Waals surface area contributed by atoms with Gasteiger partial charge in [0.15, 0.2) is 0 Å². The number of nitriles is 1. The summed E-state index contributed by atoms with van der Waals surface area (Å²) in [6.07, 6.45) is 0.507. The van der Waals surface area contributed by atoms with Crippen molar-refractivity contribution in [1.29, 1.82) is 5.26 Å². The first-order chi connectivity index (χ1) is 6.27. The average molecular weight is 196 g/mol. The van der Waals surface area contributed by atoms with Crippen LogP contribution in [-0.4, -0.2) is 11.7 Å². The molecule has 2 nitrogen and oxygen atoms in total. The Morgan fingerprint density at radius 1 is 1.46 bits per heavy atom. The van der Waals surface area contributed by atoms with E-state index in [9.17, 15) is 0 Å². The highest BCUT2D eigenvalue weighted by Gasteiger charge is 2.08. The molecule has 0 aromatic heterocycles. The highest BCUT2D eigenvalue weighted by molar-refractivity contribution is 6.31. The molecule has 0 aliphatic heterocycles. The molecule has 0 fully saturated rings. The third-order valence-electron chi connectivity index (χ3n) is 1.83. The summed E-state index contributed by atoms with van der Waals surface area (Å²) in [6.45, 7) is -0.123. The van der Waals surface area contributed by atoms with E-state index >= 15 is 0 Å². The van der Waals surface area contributed by atoms with Crippen LogP contribution in [0.25, 0.3) is 0 Å². The number of aliphatic hydroxyl groups excluding tert-OH is 1. The Morgan fingerprint density at radius 3 is 2.69 bits per heavy atom. The molecule has 0 aliphatic rings. The second-order valence-corrected chi connectivity index (χ2v) is 3.21. The van der Waals surface area contributed by atoms with E-state index in [0.717, 1.165) is 5.56 Å². The summed E-state index contributed by atoms with van der Waals surface area (Å²) in [6, 6.07) is 9.37. The zero-order valence-corrected chi connectivity index (χ0v) is 7.83. The van der Waals surface area contributed by atoms with Crippen molar-refractivity contribution in [2.75, 3.05) is 6.61 Å². The fraction of sp³-hybridized carbons (Fsp3) is 0.300. The molecule has 1 N–H and O–H groups in total. The van der Waals surface area contributed by atoms with Crippen LogP contribution in [0.4, 0.5) is 0 Å². The molecule has 0 bridgehead atoms. The summed E-state index contributed by atoms with van der Waals surface area (Å²) in [4.78, 5) is 0. The molecule has 0 radical (unpaired) electrons. The second kappa shape index (κ2) is 4.86. The van der Waals surface area contributed by atoms with Crippen LogP contribution in [-0.2, 0) is 6.42 Å².